The summed E-state index contributed by atoms with van der Waals surface area (Å²) in [6.07, 6.45) is 7.61. The normalized spacial score (nSPS) is 27.8. The van der Waals surface area contributed by atoms with Crippen LogP contribution in [0, 0.1) is 0 Å². The standard InChI is InChI=1S/C16H18O/c1-12-5-4-9-16(10-8-12)11-15(17)13-6-2-3-7-14(13)16/h2-3,5-7H,4,8-11H2,1H3. The Morgan fingerprint density at radius 3 is 2.88 bits per heavy atom. The van der Waals surface area contributed by atoms with Gasteiger partial charge in [-0.2, -0.15) is 0 Å². The molecule has 1 spiro atoms. The fourth-order valence-corrected chi connectivity index (χ4v) is 3.39. The monoisotopic (exact) mass is 226 g/mol. The molecule has 0 heterocycles. The predicted molar refractivity (Wildman–Crippen MR) is 69.3 cm³/mol. The lowest BCUT2D eigenvalue weighted by Gasteiger charge is -2.28. The maximum Gasteiger partial charge on any atom is 0.164 e. The highest BCUT2D eigenvalue weighted by molar-refractivity contribution is 6.02. The smallest absolute Gasteiger partial charge is 0.164 e. The van der Waals surface area contributed by atoms with Gasteiger partial charge in [-0.25, -0.2) is 0 Å². The lowest BCUT2D eigenvalue weighted by atomic mass is 9.75. The van der Waals surface area contributed by atoms with Crippen molar-refractivity contribution in [3.63, 3.8) is 0 Å². The van der Waals surface area contributed by atoms with E-state index in [-0.39, 0.29) is 5.41 Å². The third-order valence-corrected chi connectivity index (χ3v) is 4.41. The first-order chi connectivity index (χ1) is 8.21. The minimum absolute atomic E-state index is 0.141. The molecule has 1 unspecified atom stereocenters. The van der Waals surface area contributed by atoms with Crippen LogP contribution in [-0.4, -0.2) is 5.78 Å². The lowest BCUT2D eigenvalue weighted by molar-refractivity contribution is 0.0969. The van der Waals surface area contributed by atoms with Crippen molar-refractivity contribution in [3.8, 4) is 0 Å². The molecule has 88 valence electrons. The summed E-state index contributed by atoms with van der Waals surface area (Å²) in [5, 5.41) is 0. The third kappa shape index (κ3) is 1.65. The molecule has 0 N–H and O–H groups in total. The van der Waals surface area contributed by atoms with E-state index in [2.05, 4.69) is 25.1 Å². The molecule has 0 saturated carbocycles. The second-order valence-electron chi connectivity index (χ2n) is 5.52. The average Bonchev–Trinajstić information content (AvgIpc) is 2.48. The first-order valence-electron chi connectivity index (χ1n) is 6.50. The summed E-state index contributed by atoms with van der Waals surface area (Å²) in [7, 11) is 0. The molecular formula is C16H18O. The van der Waals surface area contributed by atoms with E-state index in [0.717, 1.165) is 37.7 Å². The molecule has 17 heavy (non-hydrogen) atoms. The molecule has 0 fully saturated rings. The summed E-state index contributed by atoms with van der Waals surface area (Å²) in [6.45, 7) is 2.21. The van der Waals surface area contributed by atoms with Crippen LogP contribution in [0.3, 0.4) is 0 Å². The van der Waals surface area contributed by atoms with Gasteiger partial charge in [0.1, 0.15) is 0 Å². The van der Waals surface area contributed by atoms with Crippen LogP contribution in [0.2, 0.25) is 0 Å². The highest BCUT2D eigenvalue weighted by Gasteiger charge is 2.42. The van der Waals surface area contributed by atoms with Crippen molar-refractivity contribution in [3.05, 3.63) is 47.0 Å². The zero-order chi connectivity index (χ0) is 11.9. The molecule has 0 bridgehead atoms. The lowest BCUT2D eigenvalue weighted by Crippen LogP contribution is -2.22. The van der Waals surface area contributed by atoms with Crippen molar-refractivity contribution in [2.45, 2.75) is 44.4 Å². The van der Waals surface area contributed by atoms with Crippen LogP contribution in [0.25, 0.3) is 0 Å². The number of carbonyl (C=O) groups is 1. The van der Waals surface area contributed by atoms with Crippen molar-refractivity contribution < 1.29 is 4.79 Å². The van der Waals surface area contributed by atoms with Crippen LogP contribution in [0.4, 0.5) is 0 Å². The molecule has 1 aromatic rings. The number of ketones is 1. The van der Waals surface area contributed by atoms with Crippen LogP contribution >= 0.6 is 0 Å². The van der Waals surface area contributed by atoms with Crippen molar-refractivity contribution in [2.24, 2.45) is 0 Å². The SMILES string of the molecule is CC1=CCCC2(CC1)CC(=O)c1ccccc12. The van der Waals surface area contributed by atoms with Gasteiger partial charge in [-0.15, -0.1) is 0 Å². The molecule has 1 nitrogen and oxygen atoms in total. The van der Waals surface area contributed by atoms with E-state index in [1.165, 1.54) is 11.1 Å². The predicted octanol–water partition coefficient (Wildman–Crippen LogP) is 4.03. The van der Waals surface area contributed by atoms with E-state index in [4.69, 9.17) is 0 Å². The van der Waals surface area contributed by atoms with Crippen LogP contribution in [0.15, 0.2) is 35.9 Å². The van der Waals surface area contributed by atoms with Crippen LogP contribution in [0.5, 0.6) is 0 Å². The summed E-state index contributed by atoms with van der Waals surface area (Å²) in [5.74, 6) is 0.347. The van der Waals surface area contributed by atoms with E-state index in [1.807, 2.05) is 12.1 Å². The van der Waals surface area contributed by atoms with Crippen molar-refractivity contribution in [1.29, 1.82) is 0 Å². The third-order valence-electron chi connectivity index (χ3n) is 4.41. The molecule has 1 atom stereocenters. The zero-order valence-corrected chi connectivity index (χ0v) is 10.3. The second kappa shape index (κ2) is 3.83. The number of hydrogen-bond acceptors (Lipinski definition) is 1. The Hall–Kier alpha value is -1.37. The molecule has 2 aliphatic rings. The number of carbonyl (C=O) groups excluding carboxylic acids is 1. The number of fused-ring (bicyclic) bond motifs is 2. The summed E-state index contributed by atoms with van der Waals surface area (Å²) >= 11 is 0. The van der Waals surface area contributed by atoms with E-state index < -0.39 is 0 Å². The van der Waals surface area contributed by atoms with Crippen molar-refractivity contribution in [2.75, 3.05) is 0 Å². The molecule has 2 aliphatic carbocycles. The fraction of sp³-hybridized carbons (Fsp3) is 0.438. The fourth-order valence-electron chi connectivity index (χ4n) is 3.39. The molecular weight excluding hydrogens is 208 g/mol. The highest BCUT2D eigenvalue weighted by Crippen LogP contribution is 2.47. The molecule has 0 aliphatic heterocycles. The highest BCUT2D eigenvalue weighted by atomic mass is 16.1. The van der Waals surface area contributed by atoms with E-state index in [1.54, 1.807) is 0 Å². The van der Waals surface area contributed by atoms with Gasteiger partial charge in [0.25, 0.3) is 0 Å². The van der Waals surface area contributed by atoms with Gasteiger partial charge < -0.3 is 0 Å². The Kier molecular flexibility index (Phi) is 2.43. The van der Waals surface area contributed by atoms with Crippen LogP contribution < -0.4 is 0 Å². The zero-order valence-electron chi connectivity index (χ0n) is 10.3. The molecule has 0 aromatic heterocycles. The molecule has 0 saturated heterocycles. The Labute approximate surface area is 103 Å². The molecule has 3 rings (SSSR count). The van der Waals surface area contributed by atoms with Gasteiger partial charge in [-0.3, -0.25) is 4.79 Å². The van der Waals surface area contributed by atoms with Gasteiger partial charge in [-0.05, 0) is 38.2 Å². The molecule has 0 amide bonds. The van der Waals surface area contributed by atoms with E-state index >= 15 is 0 Å². The van der Waals surface area contributed by atoms with E-state index in [9.17, 15) is 4.79 Å². The van der Waals surface area contributed by atoms with Gasteiger partial charge in [0.05, 0.1) is 0 Å². The first-order valence-corrected chi connectivity index (χ1v) is 6.50. The Bertz CT molecular complexity index is 498. The van der Waals surface area contributed by atoms with Gasteiger partial charge in [0.15, 0.2) is 5.78 Å². The number of hydrogen-bond donors (Lipinski definition) is 0. The maximum atomic E-state index is 12.1. The average molecular weight is 226 g/mol. The molecule has 1 aromatic carbocycles. The Morgan fingerprint density at radius 2 is 2.00 bits per heavy atom. The van der Waals surface area contributed by atoms with Gasteiger partial charge in [-0.1, -0.05) is 35.9 Å². The second-order valence-corrected chi connectivity index (χ2v) is 5.52. The molecule has 1 heteroatoms. The largest absolute Gasteiger partial charge is 0.294 e. The van der Waals surface area contributed by atoms with Crippen LogP contribution in [-0.2, 0) is 5.41 Å². The van der Waals surface area contributed by atoms with Crippen LogP contribution in [0.1, 0.15) is 54.9 Å². The summed E-state index contributed by atoms with van der Waals surface area (Å²) in [5.41, 5.74) is 3.92. The number of benzene rings is 1. The van der Waals surface area contributed by atoms with Crippen molar-refractivity contribution >= 4 is 5.78 Å². The Balaban J connectivity index is 2.03. The summed E-state index contributed by atoms with van der Waals surface area (Å²) in [6, 6.07) is 8.22. The summed E-state index contributed by atoms with van der Waals surface area (Å²) in [4.78, 5) is 12.1. The van der Waals surface area contributed by atoms with E-state index in [0.29, 0.717) is 5.78 Å². The minimum Gasteiger partial charge on any atom is -0.294 e. The quantitative estimate of drug-likeness (QED) is 0.610. The van der Waals surface area contributed by atoms with Gasteiger partial charge in [0, 0.05) is 17.4 Å². The van der Waals surface area contributed by atoms with Crippen molar-refractivity contribution in [1.82, 2.24) is 0 Å². The minimum atomic E-state index is 0.141. The maximum absolute atomic E-state index is 12.1. The summed E-state index contributed by atoms with van der Waals surface area (Å²) < 4.78 is 0. The first kappa shape index (κ1) is 10.8. The van der Waals surface area contributed by atoms with Gasteiger partial charge >= 0.3 is 0 Å². The molecule has 0 radical (unpaired) electrons. The van der Waals surface area contributed by atoms with Gasteiger partial charge in [0.2, 0.25) is 0 Å². The Morgan fingerprint density at radius 1 is 1.18 bits per heavy atom. The number of Topliss-reactive ketones (excluding diaryl/α,β-unsaturated/α-hetero) is 1. The topological polar surface area (TPSA) is 17.1 Å². The number of rotatable bonds is 0. The number of allylic oxidation sites excluding steroid dienone is 2.